The normalized spacial score (nSPS) is 15.5. The predicted molar refractivity (Wildman–Crippen MR) is 60.4 cm³/mol. The van der Waals surface area contributed by atoms with Gasteiger partial charge in [-0.25, -0.2) is 0 Å². The van der Waals surface area contributed by atoms with Gasteiger partial charge in [0.15, 0.2) is 0 Å². The Balaban J connectivity index is 2.41. The Morgan fingerprint density at radius 2 is 2.21 bits per heavy atom. The molecule has 73 valence electrons. The van der Waals surface area contributed by atoms with Crippen LogP contribution in [0.25, 0.3) is 0 Å². The lowest BCUT2D eigenvalue weighted by Gasteiger charge is -2.10. The maximum atomic E-state index is 3.78. The molecule has 0 nitrogen and oxygen atoms in total. The van der Waals surface area contributed by atoms with Crippen molar-refractivity contribution in [3.63, 3.8) is 0 Å². The Morgan fingerprint density at radius 3 is 2.79 bits per heavy atom. The summed E-state index contributed by atoms with van der Waals surface area (Å²) >= 11 is 0. The van der Waals surface area contributed by atoms with Crippen molar-refractivity contribution >= 4 is 0 Å². The molecule has 2 rings (SSSR count). The predicted octanol–water partition coefficient (Wildman–Crippen LogP) is 3.85. The van der Waals surface area contributed by atoms with Gasteiger partial charge in [-0.1, -0.05) is 38.1 Å². The van der Waals surface area contributed by atoms with Crippen LogP contribution in [0, 0.1) is 6.08 Å². The molecule has 1 aliphatic carbocycles. The standard InChI is InChI=1S/C14H17/c1-3-6-12-8-5-7-11(4-2)14(12)13-9-10-13/h5,7-8,13H,2-3,6,9-10H2,1H3. The third-order valence-corrected chi connectivity index (χ3v) is 2.89. The minimum absolute atomic E-state index is 0.807. The third-order valence-electron chi connectivity index (χ3n) is 2.89. The van der Waals surface area contributed by atoms with Gasteiger partial charge >= 0.3 is 0 Å². The van der Waals surface area contributed by atoms with E-state index >= 15 is 0 Å². The fraction of sp³-hybridized carbons (Fsp3) is 0.429. The molecule has 0 unspecified atom stereocenters. The zero-order chi connectivity index (χ0) is 9.97. The molecule has 0 atom stereocenters. The van der Waals surface area contributed by atoms with Gasteiger partial charge in [0, 0.05) is 0 Å². The van der Waals surface area contributed by atoms with Crippen molar-refractivity contribution in [2.75, 3.05) is 0 Å². The first kappa shape index (κ1) is 9.51. The van der Waals surface area contributed by atoms with E-state index in [9.17, 15) is 0 Å². The van der Waals surface area contributed by atoms with E-state index < -0.39 is 0 Å². The number of benzene rings is 1. The molecule has 0 bridgehead atoms. The summed E-state index contributed by atoms with van der Waals surface area (Å²) in [6, 6.07) is 6.53. The molecule has 1 aromatic carbocycles. The molecule has 0 N–H and O–H groups in total. The Morgan fingerprint density at radius 1 is 1.43 bits per heavy atom. The maximum Gasteiger partial charge on any atom is -0.0146 e. The Labute approximate surface area is 86.7 Å². The lowest BCUT2D eigenvalue weighted by Crippen LogP contribution is -1.95. The molecule has 0 saturated heterocycles. The van der Waals surface area contributed by atoms with E-state index in [0.717, 1.165) is 5.92 Å². The molecular weight excluding hydrogens is 168 g/mol. The van der Waals surface area contributed by atoms with Crippen molar-refractivity contribution in [1.29, 1.82) is 0 Å². The average Bonchev–Trinajstić information content (AvgIpc) is 3.01. The van der Waals surface area contributed by atoms with E-state index in [1.807, 2.05) is 0 Å². The molecule has 1 radical (unpaired) electrons. The lowest BCUT2D eigenvalue weighted by molar-refractivity contribution is 0.894. The van der Waals surface area contributed by atoms with Gasteiger partial charge in [0.2, 0.25) is 0 Å². The van der Waals surface area contributed by atoms with Gasteiger partial charge in [-0.2, -0.15) is 0 Å². The van der Waals surface area contributed by atoms with Crippen LogP contribution in [0.3, 0.4) is 0 Å². The van der Waals surface area contributed by atoms with Gasteiger partial charge in [-0.3, -0.25) is 0 Å². The second-order valence-electron chi connectivity index (χ2n) is 4.08. The quantitative estimate of drug-likeness (QED) is 0.668. The second-order valence-corrected chi connectivity index (χ2v) is 4.08. The minimum Gasteiger partial charge on any atom is -0.0905 e. The van der Waals surface area contributed by atoms with E-state index in [-0.39, 0.29) is 0 Å². The second kappa shape index (κ2) is 4.00. The first-order valence-electron chi connectivity index (χ1n) is 5.51. The topological polar surface area (TPSA) is 0 Å². The highest BCUT2D eigenvalue weighted by Crippen LogP contribution is 2.43. The molecule has 1 saturated carbocycles. The number of rotatable bonds is 4. The van der Waals surface area contributed by atoms with Gasteiger partial charge in [0.25, 0.3) is 0 Å². The molecule has 1 aliphatic rings. The van der Waals surface area contributed by atoms with Crippen LogP contribution in [0.5, 0.6) is 0 Å². The summed E-state index contributed by atoms with van der Waals surface area (Å²) < 4.78 is 0. The van der Waals surface area contributed by atoms with Crippen LogP contribution in [-0.2, 0) is 6.42 Å². The molecule has 14 heavy (non-hydrogen) atoms. The summed E-state index contributed by atoms with van der Waals surface area (Å²) in [5.74, 6) is 0.807. The van der Waals surface area contributed by atoms with Crippen LogP contribution in [0.4, 0.5) is 0 Å². The summed E-state index contributed by atoms with van der Waals surface area (Å²) in [7, 11) is 0. The minimum atomic E-state index is 0.807. The first-order valence-corrected chi connectivity index (χ1v) is 5.51. The Kier molecular flexibility index (Phi) is 2.72. The monoisotopic (exact) mass is 185 g/mol. The van der Waals surface area contributed by atoms with Gasteiger partial charge < -0.3 is 0 Å². The molecule has 0 aliphatic heterocycles. The van der Waals surface area contributed by atoms with Crippen LogP contribution >= 0.6 is 0 Å². The van der Waals surface area contributed by atoms with Crippen molar-refractivity contribution in [3.8, 4) is 0 Å². The Hall–Kier alpha value is -1.04. The highest BCUT2D eigenvalue weighted by atomic mass is 14.3. The van der Waals surface area contributed by atoms with Crippen LogP contribution in [0.1, 0.15) is 48.8 Å². The van der Waals surface area contributed by atoms with Crippen LogP contribution in [0.15, 0.2) is 24.8 Å². The molecule has 0 heteroatoms. The first-order chi connectivity index (χ1) is 6.86. The molecule has 1 fully saturated rings. The Bertz CT molecular complexity index is 332. The van der Waals surface area contributed by atoms with E-state index in [1.165, 1.54) is 42.4 Å². The molecule has 0 heterocycles. The van der Waals surface area contributed by atoms with E-state index in [1.54, 1.807) is 0 Å². The van der Waals surface area contributed by atoms with Crippen LogP contribution in [0.2, 0.25) is 0 Å². The fourth-order valence-electron chi connectivity index (χ4n) is 2.11. The fourth-order valence-corrected chi connectivity index (χ4v) is 2.11. The van der Waals surface area contributed by atoms with E-state index in [2.05, 4.69) is 37.8 Å². The molecule has 0 amide bonds. The smallest absolute Gasteiger partial charge is 0.0146 e. The van der Waals surface area contributed by atoms with Gasteiger partial charge in [0.05, 0.1) is 0 Å². The molecule has 1 aromatic rings. The zero-order valence-corrected chi connectivity index (χ0v) is 8.84. The largest absolute Gasteiger partial charge is 0.0905 e. The summed E-state index contributed by atoms with van der Waals surface area (Å²) in [6.45, 7) is 6.02. The summed E-state index contributed by atoms with van der Waals surface area (Å²) in [5.41, 5.74) is 4.28. The van der Waals surface area contributed by atoms with Gasteiger partial charge in [-0.15, -0.1) is 0 Å². The number of aryl methyl sites for hydroxylation is 1. The molecule has 0 spiro atoms. The van der Waals surface area contributed by atoms with Gasteiger partial charge in [0.1, 0.15) is 0 Å². The third kappa shape index (κ3) is 1.75. The highest BCUT2D eigenvalue weighted by molar-refractivity contribution is 5.43. The summed E-state index contributed by atoms with van der Waals surface area (Å²) in [6.07, 6.45) is 8.20. The summed E-state index contributed by atoms with van der Waals surface area (Å²) in [4.78, 5) is 0. The maximum absolute atomic E-state index is 3.78. The number of hydrogen-bond donors (Lipinski definition) is 0. The molecule has 0 aromatic heterocycles. The van der Waals surface area contributed by atoms with Crippen LogP contribution in [-0.4, -0.2) is 0 Å². The van der Waals surface area contributed by atoms with E-state index in [0.29, 0.717) is 0 Å². The highest BCUT2D eigenvalue weighted by Gasteiger charge is 2.27. The van der Waals surface area contributed by atoms with Crippen molar-refractivity contribution in [2.45, 2.75) is 38.5 Å². The van der Waals surface area contributed by atoms with Crippen molar-refractivity contribution < 1.29 is 0 Å². The zero-order valence-electron chi connectivity index (χ0n) is 8.84. The SMILES string of the molecule is C=[C]c1cccc(CCC)c1C1CC1. The lowest BCUT2D eigenvalue weighted by atomic mass is 9.94. The van der Waals surface area contributed by atoms with Crippen LogP contribution < -0.4 is 0 Å². The number of hydrogen-bond acceptors (Lipinski definition) is 0. The van der Waals surface area contributed by atoms with E-state index in [4.69, 9.17) is 0 Å². The van der Waals surface area contributed by atoms with Crippen molar-refractivity contribution in [3.05, 3.63) is 47.5 Å². The molecular formula is C14H17. The van der Waals surface area contributed by atoms with Crippen molar-refractivity contribution in [2.24, 2.45) is 0 Å². The van der Waals surface area contributed by atoms with Gasteiger partial charge in [-0.05, 0) is 47.9 Å². The van der Waals surface area contributed by atoms with Crippen molar-refractivity contribution in [1.82, 2.24) is 0 Å². The average molecular weight is 185 g/mol. The summed E-state index contributed by atoms with van der Waals surface area (Å²) in [5, 5.41) is 0.